The van der Waals surface area contributed by atoms with E-state index < -0.39 is 18.0 Å². The predicted octanol–water partition coefficient (Wildman–Crippen LogP) is 2.96. The van der Waals surface area contributed by atoms with E-state index in [2.05, 4.69) is 40.5 Å². The van der Waals surface area contributed by atoms with E-state index in [1.165, 1.54) is 17.0 Å². The van der Waals surface area contributed by atoms with Crippen molar-refractivity contribution in [2.24, 2.45) is 5.92 Å². The van der Waals surface area contributed by atoms with Crippen LogP contribution in [0.3, 0.4) is 0 Å². The molecular formula is C23H21F3N10O2. The third kappa shape index (κ3) is 3.59. The van der Waals surface area contributed by atoms with Crippen molar-refractivity contribution >= 4 is 23.2 Å². The summed E-state index contributed by atoms with van der Waals surface area (Å²) in [6, 6.07) is 0. The quantitative estimate of drug-likeness (QED) is 0.366. The molecule has 15 heteroatoms. The summed E-state index contributed by atoms with van der Waals surface area (Å²) in [6.45, 7) is 0. The lowest BCUT2D eigenvalue weighted by Gasteiger charge is -2.23. The fraction of sp³-hybridized carbons (Fsp3) is 0.478. The van der Waals surface area contributed by atoms with Crippen molar-refractivity contribution in [1.29, 1.82) is 0 Å². The molecule has 0 radical (unpaired) electrons. The first-order valence-electron chi connectivity index (χ1n) is 12.3. The number of hydrogen-bond donors (Lipinski definition) is 2. The second-order valence-corrected chi connectivity index (χ2v) is 9.98. The fourth-order valence-electron chi connectivity index (χ4n) is 5.19. The summed E-state index contributed by atoms with van der Waals surface area (Å²) in [7, 11) is 0. The lowest BCUT2D eigenvalue weighted by molar-refractivity contribution is -0.135. The number of nitrogen functional groups attached to an aromatic ring is 1. The minimum atomic E-state index is -4.27. The van der Waals surface area contributed by atoms with Gasteiger partial charge >= 0.3 is 6.18 Å². The maximum absolute atomic E-state index is 13.5. The highest BCUT2D eigenvalue weighted by atomic mass is 19.4. The Hall–Kier alpha value is -4.17. The van der Waals surface area contributed by atoms with Gasteiger partial charge in [0.15, 0.2) is 16.9 Å². The minimum Gasteiger partial charge on any atom is -0.423 e. The molecule has 3 N–H and O–H groups in total. The van der Waals surface area contributed by atoms with Crippen molar-refractivity contribution in [2.75, 3.05) is 11.1 Å². The van der Waals surface area contributed by atoms with Crippen LogP contribution < -0.4 is 11.1 Å². The van der Waals surface area contributed by atoms with Gasteiger partial charge in [-0.2, -0.15) is 18.3 Å². The van der Waals surface area contributed by atoms with Crippen molar-refractivity contribution in [2.45, 2.75) is 62.5 Å². The standard InChI is InChI=1S/C23H21F3N10O2/c24-22(25,26)7-1-2-12-18-28-9-29-36(18)8-13(30-12)16-31-15(27)14-17(32-16)33-20(37)23(14,11-5-6-11)21-35-34-19(38-21)10-3-4-10/h8-11H,1-7H2,(H3,27,31,32,33,37). The van der Waals surface area contributed by atoms with Crippen LogP contribution in [0.2, 0.25) is 0 Å². The van der Waals surface area contributed by atoms with Gasteiger partial charge in [0.2, 0.25) is 17.7 Å². The van der Waals surface area contributed by atoms with Crippen molar-refractivity contribution in [1.82, 2.24) is 39.7 Å². The third-order valence-electron chi connectivity index (χ3n) is 7.25. The lowest BCUT2D eigenvalue weighted by Crippen LogP contribution is -2.39. The summed E-state index contributed by atoms with van der Waals surface area (Å²) in [4.78, 5) is 31.2. The molecule has 0 spiro atoms. The number of fused-ring (bicyclic) bond motifs is 2. The molecule has 196 valence electrons. The Kier molecular flexibility index (Phi) is 4.79. The minimum absolute atomic E-state index is 0.0258. The highest BCUT2D eigenvalue weighted by Crippen LogP contribution is 2.57. The number of halogens is 3. The highest BCUT2D eigenvalue weighted by molar-refractivity contribution is 6.09. The largest absolute Gasteiger partial charge is 0.423 e. The molecule has 2 saturated carbocycles. The van der Waals surface area contributed by atoms with Crippen LogP contribution >= 0.6 is 0 Å². The zero-order chi connectivity index (χ0) is 26.2. The summed E-state index contributed by atoms with van der Waals surface area (Å²) in [5.41, 5.74) is 6.48. The van der Waals surface area contributed by atoms with E-state index in [-0.39, 0.29) is 59.6 Å². The molecule has 2 aliphatic carbocycles. The van der Waals surface area contributed by atoms with Crippen LogP contribution in [0.25, 0.3) is 17.2 Å². The van der Waals surface area contributed by atoms with Crippen molar-refractivity contribution in [3.63, 3.8) is 0 Å². The van der Waals surface area contributed by atoms with Gasteiger partial charge in [0.25, 0.3) is 0 Å². The lowest BCUT2D eigenvalue weighted by atomic mass is 9.77. The van der Waals surface area contributed by atoms with Crippen LogP contribution in [0.4, 0.5) is 24.8 Å². The smallest absolute Gasteiger partial charge is 0.389 e. The van der Waals surface area contributed by atoms with Crippen LogP contribution in [0.1, 0.15) is 67.5 Å². The van der Waals surface area contributed by atoms with E-state index in [0.29, 0.717) is 22.8 Å². The maximum atomic E-state index is 13.5. The molecule has 0 aromatic carbocycles. The van der Waals surface area contributed by atoms with Crippen LogP contribution in [0.15, 0.2) is 16.9 Å². The molecule has 1 amide bonds. The molecule has 4 aromatic rings. The number of anilines is 2. The fourth-order valence-corrected chi connectivity index (χ4v) is 5.19. The third-order valence-corrected chi connectivity index (χ3v) is 7.25. The van der Waals surface area contributed by atoms with Crippen LogP contribution in [0.5, 0.6) is 0 Å². The molecule has 2 fully saturated rings. The first-order valence-corrected chi connectivity index (χ1v) is 12.3. The van der Waals surface area contributed by atoms with Gasteiger partial charge in [-0.15, -0.1) is 10.2 Å². The number of amides is 1. The summed E-state index contributed by atoms with van der Waals surface area (Å²) in [5.74, 6) is 0.846. The average molecular weight is 526 g/mol. The maximum Gasteiger partial charge on any atom is 0.389 e. The number of nitrogens with one attached hydrogen (secondary N) is 1. The van der Waals surface area contributed by atoms with Gasteiger partial charge in [-0.1, -0.05) is 0 Å². The van der Waals surface area contributed by atoms with E-state index in [1.54, 1.807) is 0 Å². The van der Waals surface area contributed by atoms with Gasteiger partial charge in [0, 0.05) is 12.3 Å². The van der Waals surface area contributed by atoms with Crippen molar-refractivity contribution in [3.8, 4) is 11.5 Å². The summed E-state index contributed by atoms with van der Waals surface area (Å²) in [5, 5.41) is 15.4. The molecule has 1 unspecified atom stereocenters. The molecule has 0 bridgehead atoms. The zero-order valence-electron chi connectivity index (χ0n) is 19.9. The van der Waals surface area contributed by atoms with E-state index in [4.69, 9.17) is 10.2 Å². The Bertz CT molecular complexity index is 1590. The number of aromatic nitrogens is 8. The molecule has 1 atom stereocenters. The van der Waals surface area contributed by atoms with E-state index in [0.717, 1.165) is 25.7 Å². The number of nitrogens with zero attached hydrogens (tertiary/aromatic N) is 8. The monoisotopic (exact) mass is 526 g/mol. The zero-order valence-corrected chi connectivity index (χ0v) is 19.9. The Labute approximate surface area is 212 Å². The Morgan fingerprint density at radius 1 is 1.16 bits per heavy atom. The van der Waals surface area contributed by atoms with Gasteiger partial charge < -0.3 is 15.5 Å². The molecule has 0 saturated heterocycles. The predicted molar refractivity (Wildman–Crippen MR) is 124 cm³/mol. The molecular weight excluding hydrogens is 505 g/mol. The molecule has 38 heavy (non-hydrogen) atoms. The number of rotatable bonds is 7. The SMILES string of the molecule is Nc1nc(-c2cn3ncnc3c(CCCC(F)(F)F)n2)nc2c1C(c1nnc(C3CC3)o1)(C1CC1)C(=O)N2. The Morgan fingerprint density at radius 3 is 2.71 bits per heavy atom. The second kappa shape index (κ2) is 7.91. The van der Waals surface area contributed by atoms with E-state index in [9.17, 15) is 18.0 Å². The van der Waals surface area contributed by atoms with Gasteiger partial charge in [-0.3, -0.25) is 4.79 Å². The number of aryl methyl sites for hydroxylation is 1. The molecule has 1 aliphatic heterocycles. The summed E-state index contributed by atoms with van der Waals surface area (Å²) >= 11 is 0. The summed E-state index contributed by atoms with van der Waals surface area (Å²) in [6.07, 6.45) is 0.937. The highest BCUT2D eigenvalue weighted by Gasteiger charge is 2.63. The van der Waals surface area contributed by atoms with Crippen molar-refractivity contribution < 1.29 is 22.4 Å². The van der Waals surface area contributed by atoms with Gasteiger partial charge in [0.05, 0.1) is 17.5 Å². The molecule has 3 aliphatic rings. The van der Waals surface area contributed by atoms with Gasteiger partial charge in [0.1, 0.15) is 23.7 Å². The second-order valence-electron chi connectivity index (χ2n) is 9.98. The number of carbonyl (C=O) groups is 1. The first kappa shape index (κ1) is 23.0. The van der Waals surface area contributed by atoms with Crippen LogP contribution in [0, 0.1) is 5.92 Å². The van der Waals surface area contributed by atoms with Gasteiger partial charge in [-0.05, 0) is 44.4 Å². The number of carbonyl (C=O) groups excluding carboxylic acids is 1. The van der Waals surface area contributed by atoms with Crippen LogP contribution in [-0.2, 0) is 16.6 Å². The number of alkyl halides is 3. The number of hydrogen-bond acceptors (Lipinski definition) is 10. The van der Waals surface area contributed by atoms with Crippen LogP contribution in [-0.4, -0.2) is 51.8 Å². The number of nitrogens with two attached hydrogens (primary N) is 1. The summed E-state index contributed by atoms with van der Waals surface area (Å²) < 4.78 is 45.5. The Morgan fingerprint density at radius 2 is 1.97 bits per heavy atom. The van der Waals surface area contributed by atoms with Crippen molar-refractivity contribution in [3.05, 3.63) is 35.6 Å². The Balaban J connectivity index is 1.30. The molecule has 12 nitrogen and oxygen atoms in total. The van der Waals surface area contributed by atoms with E-state index in [1.807, 2.05) is 0 Å². The molecule has 7 rings (SSSR count). The molecule has 4 aromatic heterocycles. The molecule has 5 heterocycles. The topological polar surface area (TPSA) is 163 Å². The normalized spacial score (nSPS) is 21.2. The van der Waals surface area contributed by atoms with E-state index >= 15 is 0 Å². The average Bonchev–Trinajstić information content (AvgIpc) is 3.76. The van der Waals surface area contributed by atoms with Gasteiger partial charge in [-0.25, -0.2) is 24.5 Å². The first-order chi connectivity index (χ1) is 18.2.